The van der Waals surface area contributed by atoms with E-state index in [2.05, 4.69) is 38.4 Å². The third kappa shape index (κ3) is 3.32. The van der Waals surface area contributed by atoms with E-state index in [4.69, 9.17) is 0 Å². The van der Waals surface area contributed by atoms with E-state index < -0.39 is 0 Å². The van der Waals surface area contributed by atoms with Gasteiger partial charge in [0.1, 0.15) is 0 Å². The van der Waals surface area contributed by atoms with Crippen LogP contribution in [0, 0.1) is 5.92 Å². The zero-order valence-electron chi connectivity index (χ0n) is 11.8. The number of nitrogens with zero attached hydrogens (tertiary/aromatic N) is 1. The summed E-state index contributed by atoms with van der Waals surface area (Å²) in [5.41, 5.74) is 2.32. The number of aromatic nitrogens is 1. The molecule has 1 aromatic heterocycles. The Balaban J connectivity index is 1.61. The number of amides is 1. The van der Waals surface area contributed by atoms with E-state index in [0.29, 0.717) is 5.92 Å². The van der Waals surface area contributed by atoms with Gasteiger partial charge < -0.3 is 5.32 Å². The number of benzene rings is 1. The molecule has 4 heteroatoms. The first kappa shape index (κ1) is 14.3. The van der Waals surface area contributed by atoms with Crippen molar-refractivity contribution in [2.24, 2.45) is 5.92 Å². The van der Waals surface area contributed by atoms with E-state index >= 15 is 0 Å². The van der Waals surface area contributed by atoms with Gasteiger partial charge in [-0.1, -0.05) is 28.1 Å². The number of nitrogens with one attached hydrogen (secondary N) is 1. The lowest BCUT2D eigenvalue weighted by Gasteiger charge is -2.14. The molecule has 1 aromatic carbocycles. The first-order valence-corrected chi connectivity index (χ1v) is 7.90. The molecule has 0 radical (unpaired) electrons. The standard InChI is InChI=1S/C17H17BrN2O/c1-11(12-5-7-19-8-6-12)20-17(21)16-10-15(16)13-3-2-4-14(18)9-13/h2-9,11,15-16H,10H2,1H3,(H,20,21)/t11-,15+,16-/m0/s1. The highest BCUT2D eigenvalue weighted by atomic mass is 79.9. The molecule has 3 nitrogen and oxygen atoms in total. The van der Waals surface area contributed by atoms with Crippen molar-refractivity contribution < 1.29 is 4.79 Å². The smallest absolute Gasteiger partial charge is 0.224 e. The molecule has 1 aliphatic rings. The van der Waals surface area contributed by atoms with Crippen molar-refractivity contribution in [3.8, 4) is 0 Å². The fourth-order valence-corrected chi connectivity index (χ4v) is 3.06. The molecule has 0 bridgehead atoms. The van der Waals surface area contributed by atoms with Crippen LogP contribution >= 0.6 is 15.9 Å². The fourth-order valence-electron chi connectivity index (χ4n) is 2.65. The quantitative estimate of drug-likeness (QED) is 0.915. The van der Waals surface area contributed by atoms with E-state index in [0.717, 1.165) is 16.5 Å². The molecule has 0 saturated heterocycles. The average molecular weight is 345 g/mol. The molecular weight excluding hydrogens is 328 g/mol. The van der Waals surface area contributed by atoms with Crippen LogP contribution in [0.4, 0.5) is 0 Å². The lowest BCUT2D eigenvalue weighted by molar-refractivity contribution is -0.123. The van der Waals surface area contributed by atoms with Crippen molar-refractivity contribution in [1.29, 1.82) is 0 Å². The molecule has 1 heterocycles. The van der Waals surface area contributed by atoms with Crippen molar-refractivity contribution in [2.45, 2.75) is 25.3 Å². The summed E-state index contributed by atoms with van der Waals surface area (Å²) in [5, 5.41) is 3.09. The monoisotopic (exact) mass is 344 g/mol. The second-order valence-electron chi connectivity index (χ2n) is 5.51. The molecule has 0 spiro atoms. The maximum Gasteiger partial charge on any atom is 0.224 e. The Morgan fingerprint density at radius 2 is 2.10 bits per heavy atom. The van der Waals surface area contributed by atoms with Crippen LogP contribution in [0.2, 0.25) is 0 Å². The van der Waals surface area contributed by atoms with Gasteiger partial charge in [-0.2, -0.15) is 0 Å². The Kier molecular flexibility index (Phi) is 4.06. The van der Waals surface area contributed by atoms with Gasteiger partial charge >= 0.3 is 0 Å². The average Bonchev–Trinajstić information content (AvgIpc) is 3.29. The summed E-state index contributed by atoms with van der Waals surface area (Å²) in [4.78, 5) is 16.3. The molecule has 0 aliphatic heterocycles. The van der Waals surface area contributed by atoms with Gasteiger partial charge in [-0.25, -0.2) is 0 Å². The number of rotatable bonds is 4. The highest BCUT2D eigenvalue weighted by Crippen LogP contribution is 2.48. The molecule has 1 amide bonds. The van der Waals surface area contributed by atoms with Gasteiger partial charge in [-0.05, 0) is 54.7 Å². The van der Waals surface area contributed by atoms with Crippen LogP contribution in [0.3, 0.4) is 0 Å². The van der Waals surface area contributed by atoms with Gasteiger partial charge in [0.15, 0.2) is 0 Å². The molecule has 1 fully saturated rings. The van der Waals surface area contributed by atoms with E-state index in [9.17, 15) is 4.79 Å². The van der Waals surface area contributed by atoms with E-state index in [1.807, 2.05) is 31.2 Å². The Bertz CT molecular complexity index is 644. The third-order valence-electron chi connectivity index (χ3n) is 3.97. The van der Waals surface area contributed by atoms with Crippen molar-refractivity contribution >= 4 is 21.8 Å². The first-order valence-electron chi connectivity index (χ1n) is 7.11. The predicted octanol–water partition coefficient (Wildman–Crippen LogP) is 3.83. The zero-order valence-corrected chi connectivity index (χ0v) is 13.4. The molecule has 2 aromatic rings. The van der Waals surface area contributed by atoms with E-state index in [1.54, 1.807) is 12.4 Å². The predicted molar refractivity (Wildman–Crippen MR) is 85.8 cm³/mol. The summed E-state index contributed by atoms with van der Waals surface area (Å²) < 4.78 is 1.07. The minimum atomic E-state index is 0.0178. The molecular formula is C17H17BrN2O. The van der Waals surface area contributed by atoms with Crippen LogP contribution in [0.5, 0.6) is 0 Å². The van der Waals surface area contributed by atoms with E-state index in [1.165, 1.54) is 5.56 Å². The van der Waals surface area contributed by atoms with Gasteiger partial charge in [-0.3, -0.25) is 9.78 Å². The summed E-state index contributed by atoms with van der Waals surface area (Å²) in [6.07, 6.45) is 4.43. The summed E-state index contributed by atoms with van der Waals surface area (Å²) in [7, 11) is 0. The Labute approximate surface area is 132 Å². The molecule has 21 heavy (non-hydrogen) atoms. The summed E-state index contributed by atoms with van der Waals surface area (Å²) in [6, 6.07) is 12.1. The van der Waals surface area contributed by atoms with Crippen LogP contribution < -0.4 is 5.32 Å². The lowest BCUT2D eigenvalue weighted by Crippen LogP contribution is -2.28. The lowest BCUT2D eigenvalue weighted by atomic mass is 10.1. The number of hydrogen-bond donors (Lipinski definition) is 1. The molecule has 1 aliphatic carbocycles. The van der Waals surface area contributed by atoms with Crippen molar-refractivity contribution in [1.82, 2.24) is 10.3 Å². The number of halogens is 1. The number of carbonyl (C=O) groups excluding carboxylic acids is 1. The maximum atomic E-state index is 12.3. The van der Waals surface area contributed by atoms with Crippen LogP contribution in [0.1, 0.15) is 36.4 Å². The molecule has 1 saturated carbocycles. The molecule has 108 valence electrons. The van der Waals surface area contributed by atoms with Crippen LogP contribution in [0.15, 0.2) is 53.3 Å². The topological polar surface area (TPSA) is 42.0 Å². The minimum Gasteiger partial charge on any atom is -0.349 e. The second-order valence-corrected chi connectivity index (χ2v) is 6.43. The zero-order chi connectivity index (χ0) is 14.8. The second kappa shape index (κ2) is 5.98. The van der Waals surface area contributed by atoms with Crippen LogP contribution in [-0.2, 0) is 4.79 Å². The highest BCUT2D eigenvalue weighted by molar-refractivity contribution is 9.10. The molecule has 1 N–H and O–H groups in total. The fraction of sp³-hybridized carbons (Fsp3) is 0.294. The van der Waals surface area contributed by atoms with Crippen molar-refractivity contribution in [2.75, 3.05) is 0 Å². The van der Waals surface area contributed by atoms with Gasteiger partial charge in [0.2, 0.25) is 5.91 Å². The van der Waals surface area contributed by atoms with E-state index in [-0.39, 0.29) is 17.9 Å². The Hall–Kier alpha value is -1.68. The SMILES string of the molecule is C[C@H](NC(=O)[C@H]1C[C@@H]1c1cccc(Br)c1)c1ccncc1. The summed E-state index contributed by atoms with van der Waals surface area (Å²) in [6.45, 7) is 2.00. The maximum absolute atomic E-state index is 12.3. The molecule has 0 unspecified atom stereocenters. The minimum absolute atomic E-state index is 0.0178. The number of carbonyl (C=O) groups is 1. The first-order chi connectivity index (χ1) is 10.1. The number of pyridine rings is 1. The Morgan fingerprint density at radius 3 is 2.81 bits per heavy atom. The molecule has 3 rings (SSSR count). The largest absolute Gasteiger partial charge is 0.349 e. The van der Waals surface area contributed by atoms with Crippen LogP contribution in [-0.4, -0.2) is 10.9 Å². The normalized spacial score (nSPS) is 21.6. The van der Waals surface area contributed by atoms with Gasteiger partial charge in [-0.15, -0.1) is 0 Å². The highest BCUT2D eigenvalue weighted by Gasteiger charge is 2.44. The van der Waals surface area contributed by atoms with Crippen molar-refractivity contribution in [3.63, 3.8) is 0 Å². The van der Waals surface area contributed by atoms with Gasteiger partial charge in [0.05, 0.1) is 6.04 Å². The van der Waals surface area contributed by atoms with Gasteiger partial charge in [0.25, 0.3) is 0 Å². The van der Waals surface area contributed by atoms with Crippen molar-refractivity contribution in [3.05, 3.63) is 64.4 Å². The molecule has 3 atom stereocenters. The van der Waals surface area contributed by atoms with Gasteiger partial charge in [0, 0.05) is 22.8 Å². The number of hydrogen-bond acceptors (Lipinski definition) is 2. The van der Waals surface area contributed by atoms with Crippen LogP contribution in [0.25, 0.3) is 0 Å². The Morgan fingerprint density at radius 1 is 1.33 bits per heavy atom. The summed E-state index contributed by atoms with van der Waals surface area (Å²) in [5.74, 6) is 0.597. The summed E-state index contributed by atoms with van der Waals surface area (Å²) >= 11 is 3.48. The third-order valence-corrected chi connectivity index (χ3v) is 4.46.